The summed E-state index contributed by atoms with van der Waals surface area (Å²) in [4.78, 5) is 20.7. The fourth-order valence-electron chi connectivity index (χ4n) is 1.76. The molecule has 1 rings (SSSR count). The molecule has 0 aliphatic rings. The lowest BCUT2D eigenvalue weighted by Crippen LogP contribution is -2.23. The van der Waals surface area contributed by atoms with Crippen molar-refractivity contribution in [3.63, 3.8) is 0 Å². The number of aromatic nitrogens is 3. The van der Waals surface area contributed by atoms with Crippen molar-refractivity contribution in [3.05, 3.63) is 11.9 Å². The molecule has 146 valence electrons. The lowest BCUT2D eigenvalue weighted by atomic mass is 10.2. The zero-order chi connectivity index (χ0) is 19.3. The molecule has 0 aliphatic heterocycles. The lowest BCUT2D eigenvalue weighted by molar-refractivity contribution is -0.121. The second kappa shape index (κ2) is 20.3. The van der Waals surface area contributed by atoms with E-state index in [2.05, 4.69) is 27.9 Å². The van der Waals surface area contributed by atoms with Crippen molar-refractivity contribution in [2.75, 3.05) is 13.6 Å². The molecule has 0 aromatic carbocycles. The smallest absolute Gasteiger partial charge is 0.220 e. The Bertz CT molecular complexity index is 421. The first-order valence-electron chi connectivity index (χ1n) is 9.41. The van der Waals surface area contributed by atoms with Gasteiger partial charge in [-0.2, -0.15) is 0 Å². The number of aldehydes is 1. The molecule has 0 bridgehead atoms. The molecule has 1 amide bonds. The van der Waals surface area contributed by atoms with Crippen LogP contribution in [0.2, 0.25) is 0 Å². The largest absolute Gasteiger partial charge is 0.350 e. The minimum Gasteiger partial charge on any atom is -0.350 e. The summed E-state index contributed by atoms with van der Waals surface area (Å²) in [6.45, 7) is 10.2. The number of carbonyl (C=O) groups excluding carboxylic acids is 2. The van der Waals surface area contributed by atoms with Gasteiger partial charge in [0.2, 0.25) is 5.91 Å². The average molecular weight is 356 g/mol. The molecule has 0 spiro atoms. The third-order valence-corrected chi connectivity index (χ3v) is 3.04. The molecule has 25 heavy (non-hydrogen) atoms. The summed E-state index contributed by atoms with van der Waals surface area (Å²) in [5.74, 6) is 0.0655. The van der Waals surface area contributed by atoms with E-state index in [0.29, 0.717) is 19.4 Å². The average Bonchev–Trinajstić information content (AvgIpc) is 3.10. The van der Waals surface area contributed by atoms with Crippen molar-refractivity contribution in [1.29, 1.82) is 0 Å². The van der Waals surface area contributed by atoms with E-state index in [1.54, 1.807) is 0 Å². The van der Waals surface area contributed by atoms with Crippen molar-refractivity contribution < 1.29 is 9.59 Å². The SMILES string of the molecule is CC.CCC=O.CCCCCn1cc(CNC(=O)CCCNC)nn1. The van der Waals surface area contributed by atoms with Gasteiger partial charge in [-0.1, -0.05) is 45.7 Å². The lowest BCUT2D eigenvalue weighted by Gasteiger charge is -2.02. The quantitative estimate of drug-likeness (QED) is 0.470. The molecule has 0 saturated carbocycles. The molecule has 0 saturated heterocycles. The van der Waals surface area contributed by atoms with E-state index in [1.807, 2.05) is 38.7 Å². The first kappa shape index (κ1) is 25.5. The van der Waals surface area contributed by atoms with Gasteiger partial charge in [-0.25, -0.2) is 0 Å². The zero-order valence-corrected chi connectivity index (χ0v) is 16.7. The van der Waals surface area contributed by atoms with Gasteiger partial charge in [0.15, 0.2) is 0 Å². The standard InChI is InChI=1S/C13H25N5O.C3H6O.C2H6/c1-3-4-5-9-18-11-12(16-17-18)10-15-13(19)7-6-8-14-2;1-2-3-4;1-2/h11,14H,3-10H2,1-2H3,(H,15,19);3H,2H2,1H3;1-2H3. The van der Waals surface area contributed by atoms with Gasteiger partial charge in [0.05, 0.1) is 12.7 Å². The van der Waals surface area contributed by atoms with E-state index in [1.165, 1.54) is 12.8 Å². The molecule has 0 unspecified atom stereocenters. The molecule has 7 nitrogen and oxygen atoms in total. The Morgan fingerprint density at radius 1 is 1.24 bits per heavy atom. The van der Waals surface area contributed by atoms with E-state index in [9.17, 15) is 9.59 Å². The van der Waals surface area contributed by atoms with Crippen LogP contribution in [0, 0.1) is 0 Å². The van der Waals surface area contributed by atoms with Gasteiger partial charge in [-0.05, 0) is 26.4 Å². The Labute approximate surface area is 153 Å². The Morgan fingerprint density at radius 3 is 2.48 bits per heavy atom. The molecule has 0 atom stereocenters. The summed E-state index contributed by atoms with van der Waals surface area (Å²) in [6, 6.07) is 0. The number of carbonyl (C=O) groups is 2. The molecule has 1 heterocycles. The molecule has 2 N–H and O–H groups in total. The van der Waals surface area contributed by atoms with E-state index >= 15 is 0 Å². The molecule has 1 aromatic rings. The highest BCUT2D eigenvalue weighted by Crippen LogP contribution is 1.99. The van der Waals surface area contributed by atoms with Crippen LogP contribution in [0.15, 0.2) is 6.20 Å². The van der Waals surface area contributed by atoms with E-state index < -0.39 is 0 Å². The van der Waals surface area contributed by atoms with Crippen LogP contribution < -0.4 is 10.6 Å². The molecule has 7 heteroatoms. The first-order chi connectivity index (χ1) is 12.2. The predicted molar refractivity (Wildman–Crippen MR) is 102 cm³/mol. The fraction of sp³-hybridized carbons (Fsp3) is 0.778. The zero-order valence-electron chi connectivity index (χ0n) is 16.7. The maximum absolute atomic E-state index is 11.5. The van der Waals surface area contributed by atoms with Gasteiger partial charge >= 0.3 is 0 Å². The summed E-state index contributed by atoms with van der Waals surface area (Å²) in [5.41, 5.74) is 0.818. The van der Waals surface area contributed by atoms with Crippen molar-refractivity contribution in [2.24, 2.45) is 0 Å². The number of amides is 1. The van der Waals surface area contributed by atoms with Crippen LogP contribution in [-0.2, 0) is 22.7 Å². The molecule has 0 fully saturated rings. The Kier molecular flexibility index (Phi) is 20.7. The highest BCUT2D eigenvalue weighted by atomic mass is 16.1. The van der Waals surface area contributed by atoms with E-state index in [0.717, 1.165) is 37.9 Å². The predicted octanol–water partition coefficient (Wildman–Crippen LogP) is 2.71. The fourth-order valence-corrected chi connectivity index (χ4v) is 1.76. The summed E-state index contributed by atoms with van der Waals surface area (Å²) in [6.07, 6.45) is 8.35. The van der Waals surface area contributed by atoms with Crippen LogP contribution in [0.4, 0.5) is 0 Å². The van der Waals surface area contributed by atoms with Gasteiger partial charge < -0.3 is 15.4 Å². The van der Waals surface area contributed by atoms with Crippen LogP contribution in [0.25, 0.3) is 0 Å². The molecule has 1 aromatic heterocycles. The number of rotatable bonds is 11. The second-order valence-corrected chi connectivity index (χ2v) is 5.24. The monoisotopic (exact) mass is 355 g/mol. The number of nitrogens with zero attached hydrogens (tertiary/aromatic N) is 3. The van der Waals surface area contributed by atoms with Crippen molar-refractivity contribution in [2.45, 2.75) is 79.3 Å². The van der Waals surface area contributed by atoms with Crippen molar-refractivity contribution in [3.8, 4) is 0 Å². The van der Waals surface area contributed by atoms with Crippen molar-refractivity contribution in [1.82, 2.24) is 25.6 Å². The van der Waals surface area contributed by atoms with Gasteiger partial charge in [-0.15, -0.1) is 5.10 Å². The maximum atomic E-state index is 11.5. The molecular formula is C18H37N5O2. The molecular weight excluding hydrogens is 318 g/mol. The highest BCUT2D eigenvalue weighted by Gasteiger charge is 2.04. The van der Waals surface area contributed by atoms with E-state index in [4.69, 9.17) is 0 Å². The summed E-state index contributed by atoms with van der Waals surface area (Å²) < 4.78 is 1.85. The summed E-state index contributed by atoms with van der Waals surface area (Å²) in [7, 11) is 1.88. The topological polar surface area (TPSA) is 88.9 Å². The number of unbranched alkanes of at least 4 members (excludes halogenated alkanes) is 2. The third-order valence-electron chi connectivity index (χ3n) is 3.04. The molecule has 0 radical (unpaired) electrons. The minimum atomic E-state index is 0.0655. The van der Waals surface area contributed by atoms with Gasteiger partial charge in [-0.3, -0.25) is 9.48 Å². The van der Waals surface area contributed by atoms with Crippen LogP contribution >= 0.6 is 0 Å². The number of aryl methyl sites for hydroxylation is 1. The molecule has 0 aliphatic carbocycles. The van der Waals surface area contributed by atoms with Crippen LogP contribution in [0.5, 0.6) is 0 Å². The Balaban J connectivity index is 0. The van der Waals surface area contributed by atoms with Crippen LogP contribution in [-0.4, -0.2) is 40.8 Å². The van der Waals surface area contributed by atoms with Crippen LogP contribution in [0.3, 0.4) is 0 Å². The van der Waals surface area contributed by atoms with Crippen molar-refractivity contribution >= 4 is 12.2 Å². The first-order valence-corrected chi connectivity index (χ1v) is 9.41. The van der Waals surface area contributed by atoms with Gasteiger partial charge in [0, 0.05) is 19.4 Å². The number of hydrogen-bond acceptors (Lipinski definition) is 5. The Hall–Kier alpha value is -1.76. The van der Waals surface area contributed by atoms with Gasteiger partial charge in [0.1, 0.15) is 12.0 Å². The third kappa shape index (κ3) is 16.9. The minimum absolute atomic E-state index is 0.0655. The maximum Gasteiger partial charge on any atom is 0.220 e. The highest BCUT2D eigenvalue weighted by molar-refractivity contribution is 5.75. The van der Waals surface area contributed by atoms with Crippen LogP contribution in [0.1, 0.15) is 71.9 Å². The number of hydrogen-bond donors (Lipinski definition) is 2. The Morgan fingerprint density at radius 2 is 1.92 bits per heavy atom. The normalized spacial score (nSPS) is 9.32. The second-order valence-electron chi connectivity index (χ2n) is 5.24. The van der Waals surface area contributed by atoms with Gasteiger partial charge in [0.25, 0.3) is 0 Å². The summed E-state index contributed by atoms with van der Waals surface area (Å²) >= 11 is 0. The number of nitrogens with one attached hydrogen (secondary N) is 2. The van der Waals surface area contributed by atoms with E-state index in [-0.39, 0.29) is 5.91 Å². The summed E-state index contributed by atoms with van der Waals surface area (Å²) in [5, 5.41) is 14.0.